The summed E-state index contributed by atoms with van der Waals surface area (Å²) in [4.78, 5) is 13.0. The Morgan fingerprint density at radius 1 is 0.727 bits per heavy atom. The number of carbonyl (C=O) groups excluding carboxylic acids is 1. The monoisotopic (exact) mass is 441 g/mol. The SMILES string of the molecule is CCCOc1ccc(C(=C(C#N)C(=O)Oc2ccccc2)c2ccc(OCCC)cc2)cc1. The van der Waals surface area contributed by atoms with Crippen LogP contribution in [0.4, 0.5) is 0 Å². The number of ether oxygens (including phenoxy) is 3. The lowest BCUT2D eigenvalue weighted by atomic mass is 9.93. The molecule has 0 unspecified atom stereocenters. The first-order valence-corrected chi connectivity index (χ1v) is 11.0. The summed E-state index contributed by atoms with van der Waals surface area (Å²) < 4.78 is 16.8. The van der Waals surface area contributed by atoms with E-state index in [0.29, 0.717) is 35.7 Å². The molecule has 0 heterocycles. The highest BCUT2D eigenvalue weighted by Gasteiger charge is 2.21. The van der Waals surface area contributed by atoms with Gasteiger partial charge in [-0.15, -0.1) is 0 Å². The quantitative estimate of drug-likeness (QED) is 0.162. The number of hydrogen-bond acceptors (Lipinski definition) is 5. The summed E-state index contributed by atoms with van der Waals surface area (Å²) in [6.45, 7) is 5.32. The molecule has 33 heavy (non-hydrogen) atoms. The summed E-state index contributed by atoms with van der Waals surface area (Å²) in [5.74, 6) is 1.12. The Hall–Kier alpha value is -4.04. The first-order valence-electron chi connectivity index (χ1n) is 11.0. The molecule has 0 N–H and O–H groups in total. The van der Waals surface area contributed by atoms with Crippen LogP contribution in [-0.4, -0.2) is 19.2 Å². The van der Waals surface area contributed by atoms with E-state index in [-0.39, 0.29) is 5.57 Å². The van der Waals surface area contributed by atoms with Crippen LogP contribution in [0.3, 0.4) is 0 Å². The van der Waals surface area contributed by atoms with E-state index in [1.54, 1.807) is 24.3 Å². The normalized spacial score (nSPS) is 10.1. The molecule has 0 spiro atoms. The standard InChI is InChI=1S/C28H27NO4/c1-3-18-31-23-14-10-21(11-15-23)27(22-12-16-24(17-13-22)32-19-4-2)26(20-29)28(30)33-25-8-6-5-7-9-25/h5-17H,3-4,18-19H2,1-2H3. The fourth-order valence-corrected chi connectivity index (χ4v) is 3.18. The van der Waals surface area contributed by atoms with Crippen molar-refractivity contribution in [3.05, 3.63) is 95.6 Å². The molecule has 3 aromatic carbocycles. The minimum Gasteiger partial charge on any atom is -0.494 e. The lowest BCUT2D eigenvalue weighted by Gasteiger charge is -2.14. The van der Waals surface area contributed by atoms with Crippen molar-refractivity contribution in [2.75, 3.05) is 13.2 Å². The van der Waals surface area contributed by atoms with Gasteiger partial charge in [-0.1, -0.05) is 56.3 Å². The van der Waals surface area contributed by atoms with Crippen LogP contribution < -0.4 is 14.2 Å². The maximum atomic E-state index is 13.0. The van der Waals surface area contributed by atoms with Gasteiger partial charge < -0.3 is 14.2 Å². The Labute approximate surface area is 194 Å². The van der Waals surface area contributed by atoms with Crippen molar-refractivity contribution < 1.29 is 19.0 Å². The number of hydrogen-bond donors (Lipinski definition) is 0. The van der Waals surface area contributed by atoms with Crippen LogP contribution >= 0.6 is 0 Å². The van der Waals surface area contributed by atoms with Crippen molar-refractivity contribution in [1.29, 1.82) is 5.26 Å². The van der Waals surface area contributed by atoms with Gasteiger partial charge in [-0.3, -0.25) is 0 Å². The van der Waals surface area contributed by atoms with Crippen molar-refractivity contribution in [3.8, 4) is 23.3 Å². The van der Waals surface area contributed by atoms with Crippen LogP contribution in [0.25, 0.3) is 5.57 Å². The van der Waals surface area contributed by atoms with Crippen molar-refractivity contribution in [2.45, 2.75) is 26.7 Å². The van der Waals surface area contributed by atoms with Gasteiger partial charge in [0.1, 0.15) is 28.9 Å². The van der Waals surface area contributed by atoms with Crippen LogP contribution in [0.2, 0.25) is 0 Å². The van der Waals surface area contributed by atoms with E-state index in [1.165, 1.54) is 0 Å². The van der Waals surface area contributed by atoms with E-state index in [2.05, 4.69) is 6.07 Å². The Kier molecular flexibility index (Phi) is 8.67. The predicted octanol–water partition coefficient (Wildman–Crippen LogP) is 6.20. The highest BCUT2D eigenvalue weighted by molar-refractivity contribution is 6.06. The number of carbonyl (C=O) groups is 1. The fraction of sp³-hybridized carbons (Fsp3) is 0.214. The fourth-order valence-electron chi connectivity index (χ4n) is 3.18. The van der Waals surface area contributed by atoms with Crippen LogP contribution in [-0.2, 0) is 4.79 Å². The van der Waals surface area contributed by atoms with Crippen molar-refractivity contribution in [3.63, 3.8) is 0 Å². The highest BCUT2D eigenvalue weighted by Crippen LogP contribution is 2.30. The summed E-state index contributed by atoms with van der Waals surface area (Å²) in [6.07, 6.45) is 1.81. The molecule has 0 fully saturated rings. The van der Waals surface area contributed by atoms with Gasteiger partial charge in [0, 0.05) is 5.57 Å². The summed E-state index contributed by atoms with van der Waals surface area (Å²) in [6, 6.07) is 25.5. The smallest absolute Gasteiger partial charge is 0.354 e. The zero-order valence-electron chi connectivity index (χ0n) is 18.9. The van der Waals surface area contributed by atoms with Crippen molar-refractivity contribution in [1.82, 2.24) is 0 Å². The second-order valence-corrected chi connectivity index (χ2v) is 7.31. The largest absolute Gasteiger partial charge is 0.494 e. The van der Waals surface area contributed by atoms with Gasteiger partial charge in [0.15, 0.2) is 0 Å². The lowest BCUT2D eigenvalue weighted by Crippen LogP contribution is -2.13. The first kappa shape index (κ1) is 23.6. The number of nitrogens with zero attached hydrogens (tertiary/aromatic N) is 1. The minimum atomic E-state index is -0.712. The number of esters is 1. The molecule has 0 aromatic heterocycles. The molecular weight excluding hydrogens is 414 g/mol. The Bertz CT molecular complexity index is 1060. The van der Waals surface area contributed by atoms with Gasteiger partial charge in [0.2, 0.25) is 0 Å². The van der Waals surface area contributed by atoms with Crippen LogP contribution in [0.5, 0.6) is 17.2 Å². The molecule has 0 radical (unpaired) electrons. The van der Waals surface area contributed by atoms with Gasteiger partial charge in [-0.25, -0.2) is 4.79 Å². The summed E-state index contributed by atoms with van der Waals surface area (Å²) in [5, 5.41) is 9.95. The molecule has 0 aliphatic rings. The summed E-state index contributed by atoms with van der Waals surface area (Å²) in [5.41, 5.74) is 1.83. The van der Waals surface area contributed by atoms with E-state index in [1.807, 2.05) is 68.4 Å². The average Bonchev–Trinajstić information content (AvgIpc) is 2.86. The van der Waals surface area contributed by atoms with E-state index >= 15 is 0 Å². The predicted molar refractivity (Wildman–Crippen MR) is 128 cm³/mol. The molecular formula is C28H27NO4. The van der Waals surface area contributed by atoms with Gasteiger partial charge in [0.05, 0.1) is 13.2 Å². The van der Waals surface area contributed by atoms with Crippen molar-refractivity contribution >= 4 is 11.5 Å². The summed E-state index contributed by atoms with van der Waals surface area (Å²) in [7, 11) is 0. The molecule has 0 bridgehead atoms. The maximum absolute atomic E-state index is 13.0. The molecule has 5 nitrogen and oxygen atoms in total. The number of nitriles is 1. The molecule has 0 amide bonds. The van der Waals surface area contributed by atoms with Gasteiger partial charge in [-0.05, 0) is 60.4 Å². The van der Waals surface area contributed by atoms with E-state index in [9.17, 15) is 10.1 Å². The average molecular weight is 442 g/mol. The molecule has 0 saturated carbocycles. The second-order valence-electron chi connectivity index (χ2n) is 7.31. The molecule has 0 aliphatic carbocycles. The van der Waals surface area contributed by atoms with E-state index in [0.717, 1.165) is 24.3 Å². The van der Waals surface area contributed by atoms with E-state index in [4.69, 9.17) is 14.2 Å². The van der Waals surface area contributed by atoms with Gasteiger partial charge in [0.25, 0.3) is 0 Å². The zero-order valence-corrected chi connectivity index (χ0v) is 18.9. The summed E-state index contributed by atoms with van der Waals surface area (Å²) >= 11 is 0. The second kappa shape index (κ2) is 12.1. The molecule has 168 valence electrons. The van der Waals surface area contributed by atoms with Gasteiger partial charge in [-0.2, -0.15) is 5.26 Å². The van der Waals surface area contributed by atoms with Crippen LogP contribution in [0, 0.1) is 11.3 Å². The molecule has 0 aliphatic heterocycles. The Morgan fingerprint density at radius 3 is 1.64 bits per heavy atom. The Morgan fingerprint density at radius 2 is 1.21 bits per heavy atom. The highest BCUT2D eigenvalue weighted by atomic mass is 16.5. The van der Waals surface area contributed by atoms with Crippen LogP contribution in [0.1, 0.15) is 37.8 Å². The van der Waals surface area contributed by atoms with Crippen LogP contribution in [0.15, 0.2) is 84.4 Å². The molecule has 3 aromatic rings. The third-order valence-electron chi connectivity index (χ3n) is 4.75. The number of para-hydroxylation sites is 1. The molecule has 5 heteroatoms. The number of rotatable bonds is 10. The molecule has 3 rings (SSSR count). The number of benzene rings is 3. The minimum absolute atomic E-state index is 0.0803. The lowest BCUT2D eigenvalue weighted by molar-refractivity contribution is -0.129. The van der Waals surface area contributed by atoms with Crippen molar-refractivity contribution in [2.24, 2.45) is 0 Å². The molecule has 0 atom stereocenters. The third kappa shape index (κ3) is 6.47. The molecule has 0 saturated heterocycles. The first-order chi connectivity index (χ1) is 16.2. The maximum Gasteiger partial charge on any atom is 0.354 e. The van der Waals surface area contributed by atoms with E-state index < -0.39 is 5.97 Å². The zero-order chi connectivity index (χ0) is 23.5. The van der Waals surface area contributed by atoms with Gasteiger partial charge >= 0.3 is 5.97 Å². The topological polar surface area (TPSA) is 68.5 Å². The Balaban J connectivity index is 2.03. The third-order valence-corrected chi connectivity index (χ3v) is 4.75.